The quantitative estimate of drug-likeness (QED) is 0.275. The maximum absolute atomic E-state index is 12.6. The van der Waals surface area contributed by atoms with Crippen molar-refractivity contribution in [2.75, 3.05) is 12.3 Å². The number of carbonyl (C=O) groups is 1. The average molecular weight is 427 g/mol. The van der Waals surface area contributed by atoms with Crippen LogP contribution >= 0.6 is 17.3 Å². The lowest BCUT2D eigenvalue weighted by atomic mass is 10.1. The van der Waals surface area contributed by atoms with Crippen molar-refractivity contribution in [1.29, 1.82) is 0 Å². The fourth-order valence-electron chi connectivity index (χ4n) is 3.03. The third-order valence-corrected chi connectivity index (χ3v) is 13.8. The standard InChI is InChI=1S/C17H33NO3PS3/c1-3-5-6-7-8-9-10-11-12-13-14-18-16(19)15-17(25(18,20)21)22(23)24-4-2/h17H,3-15H2,1-2H3/q+1. The van der Waals surface area contributed by atoms with Crippen LogP contribution in [-0.4, -0.2) is 35.9 Å². The van der Waals surface area contributed by atoms with Crippen molar-refractivity contribution in [3.63, 3.8) is 0 Å². The van der Waals surface area contributed by atoms with Crippen molar-refractivity contribution in [2.45, 2.75) is 89.5 Å². The predicted octanol–water partition coefficient (Wildman–Crippen LogP) is 5.41. The van der Waals surface area contributed by atoms with Crippen LogP contribution in [0.3, 0.4) is 0 Å². The summed E-state index contributed by atoms with van der Waals surface area (Å²) in [6.45, 7) is 4.53. The van der Waals surface area contributed by atoms with E-state index in [1.54, 1.807) is 0 Å². The first-order valence-electron chi connectivity index (χ1n) is 9.58. The van der Waals surface area contributed by atoms with E-state index in [9.17, 15) is 13.2 Å². The summed E-state index contributed by atoms with van der Waals surface area (Å²) in [5, 5.41) is 0. The number of carbonyl (C=O) groups excluding carboxylic acids is 1. The van der Waals surface area contributed by atoms with Crippen LogP contribution in [0.5, 0.6) is 0 Å². The van der Waals surface area contributed by atoms with Gasteiger partial charge in [-0.05, 0) is 6.42 Å². The molecule has 1 fully saturated rings. The number of nitrogens with zero attached hydrogens (tertiary/aromatic N) is 1. The molecule has 4 nitrogen and oxygen atoms in total. The molecule has 2 unspecified atom stereocenters. The third kappa shape index (κ3) is 7.82. The van der Waals surface area contributed by atoms with Crippen molar-refractivity contribution in [1.82, 2.24) is 4.31 Å². The highest BCUT2D eigenvalue weighted by Crippen LogP contribution is 2.50. The first kappa shape index (κ1) is 23.3. The van der Waals surface area contributed by atoms with Crippen molar-refractivity contribution < 1.29 is 13.2 Å². The molecule has 2 atom stereocenters. The van der Waals surface area contributed by atoms with Crippen LogP contribution < -0.4 is 0 Å². The number of unbranched alkanes of at least 4 members (excludes halogenated alkanes) is 9. The Morgan fingerprint density at radius 1 is 1.04 bits per heavy atom. The predicted molar refractivity (Wildman–Crippen MR) is 113 cm³/mol. The Morgan fingerprint density at radius 2 is 1.56 bits per heavy atom. The lowest BCUT2D eigenvalue weighted by molar-refractivity contribution is -0.125. The zero-order valence-corrected chi connectivity index (χ0v) is 19.0. The Balaban J connectivity index is 2.24. The van der Waals surface area contributed by atoms with Crippen LogP contribution in [-0.2, 0) is 26.6 Å². The van der Waals surface area contributed by atoms with E-state index in [-0.39, 0.29) is 12.3 Å². The van der Waals surface area contributed by atoms with Gasteiger partial charge in [0.2, 0.25) is 5.91 Å². The minimum atomic E-state index is -3.52. The van der Waals surface area contributed by atoms with E-state index in [2.05, 4.69) is 6.92 Å². The molecule has 0 aromatic carbocycles. The Hall–Kier alpha value is 0.290. The summed E-state index contributed by atoms with van der Waals surface area (Å²) in [6.07, 6.45) is 12.0. The number of hydrogen-bond acceptors (Lipinski definition) is 5. The molecule has 0 saturated carbocycles. The van der Waals surface area contributed by atoms with Crippen molar-refractivity contribution in [3.05, 3.63) is 0 Å². The molecular weight excluding hydrogens is 393 g/mol. The fraction of sp³-hybridized carbons (Fsp3) is 0.941. The highest BCUT2D eigenvalue weighted by atomic mass is 32.9. The molecule has 0 aromatic heterocycles. The molecule has 25 heavy (non-hydrogen) atoms. The first-order chi connectivity index (χ1) is 11.9. The maximum Gasteiger partial charge on any atom is 0.284 e. The van der Waals surface area contributed by atoms with E-state index < -0.39 is 20.9 Å². The summed E-state index contributed by atoms with van der Waals surface area (Å²) in [7, 11) is -3.52. The summed E-state index contributed by atoms with van der Waals surface area (Å²) >= 11 is 6.84. The molecule has 0 spiro atoms. The van der Waals surface area contributed by atoms with Crippen LogP contribution in [0, 0.1) is 0 Å². The molecule has 0 N–H and O–H groups in total. The van der Waals surface area contributed by atoms with Crippen molar-refractivity contribution >= 4 is 45.0 Å². The minimum Gasteiger partial charge on any atom is -0.274 e. The van der Waals surface area contributed by atoms with Gasteiger partial charge in [0.25, 0.3) is 20.9 Å². The van der Waals surface area contributed by atoms with E-state index in [1.807, 2.05) is 6.92 Å². The molecule has 8 heteroatoms. The lowest BCUT2D eigenvalue weighted by Crippen LogP contribution is -2.32. The second-order valence-electron chi connectivity index (χ2n) is 6.55. The van der Waals surface area contributed by atoms with Gasteiger partial charge >= 0.3 is 0 Å². The largest absolute Gasteiger partial charge is 0.284 e. The molecule has 0 aromatic rings. The van der Waals surface area contributed by atoms with Crippen LogP contribution in [0.4, 0.5) is 0 Å². The van der Waals surface area contributed by atoms with Gasteiger partial charge in [0, 0.05) is 12.3 Å². The summed E-state index contributed by atoms with van der Waals surface area (Å²) in [5.74, 6) is -0.562. The van der Waals surface area contributed by atoms with E-state index in [0.29, 0.717) is 6.54 Å². The van der Waals surface area contributed by atoms with Crippen molar-refractivity contribution in [2.24, 2.45) is 0 Å². The minimum absolute atomic E-state index is 0.0856. The monoisotopic (exact) mass is 426 g/mol. The smallest absolute Gasteiger partial charge is 0.274 e. The lowest BCUT2D eigenvalue weighted by Gasteiger charge is -2.14. The molecule has 1 rings (SSSR count). The zero-order chi connectivity index (χ0) is 18.7. The fourth-order valence-corrected chi connectivity index (χ4v) is 11.5. The summed E-state index contributed by atoms with van der Waals surface area (Å²) in [4.78, 5) is 11.4. The highest BCUT2D eigenvalue weighted by molar-refractivity contribution is 8.65. The van der Waals surface area contributed by atoms with E-state index in [1.165, 1.54) is 56.3 Å². The van der Waals surface area contributed by atoms with Gasteiger partial charge in [0.1, 0.15) is 0 Å². The Morgan fingerprint density at radius 3 is 2.08 bits per heavy atom. The second kappa shape index (κ2) is 12.6. The molecule has 1 aliphatic rings. The Labute approximate surface area is 164 Å². The molecule has 1 heterocycles. The van der Waals surface area contributed by atoms with E-state index >= 15 is 0 Å². The Kier molecular flexibility index (Phi) is 11.8. The number of amides is 1. The Bertz CT molecular complexity index is 525. The summed E-state index contributed by atoms with van der Waals surface area (Å²) < 4.78 is 26.2. The topological polar surface area (TPSA) is 54.5 Å². The summed E-state index contributed by atoms with van der Waals surface area (Å²) in [5.41, 5.74) is 0. The molecule has 1 amide bonds. The van der Waals surface area contributed by atoms with E-state index in [4.69, 9.17) is 11.8 Å². The normalized spacial score (nSPS) is 20.2. The third-order valence-electron chi connectivity index (χ3n) is 4.48. The number of sulfonamides is 1. The number of rotatable bonds is 14. The highest BCUT2D eigenvalue weighted by Gasteiger charge is 2.52. The van der Waals surface area contributed by atoms with Gasteiger partial charge in [-0.1, -0.05) is 71.6 Å². The van der Waals surface area contributed by atoms with E-state index in [0.717, 1.165) is 29.3 Å². The van der Waals surface area contributed by atoms with Gasteiger partial charge in [0.05, 0.1) is 17.8 Å². The first-order valence-corrected chi connectivity index (χ1v) is 15.1. The zero-order valence-electron chi connectivity index (χ0n) is 15.6. The van der Waals surface area contributed by atoms with Gasteiger partial charge in [0.15, 0.2) is 11.8 Å². The molecule has 146 valence electrons. The molecule has 1 saturated heterocycles. The van der Waals surface area contributed by atoms with Crippen molar-refractivity contribution in [3.8, 4) is 0 Å². The van der Waals surface area contributed by atoms with Crippen LogP contribution in [0.25, 0.3) is 0 Å². The van der Waals surface area contributed by atoms with Gasteiger partial charge in [-0.25, -0.2) is 12.7 Å². The van der Waals surface area contributed by atoms with Gasteiger partial charge < -0.3 is 0 Å². The van der Waals surface area contributed by atoms with Crippen LogP contribution in [0.2, 0.25) is 0 Å². The molecule has 1 aliphatic heterocycles. The summed E-state index contributed by atoms with van der Waals surface area (Å²) in [6, 6.07) is 0. The van der Waals surface area contributed by atoms with Gasteiger partial charge in [-0.3, -0.25) is 4.79 Å². The number of hydrogen-bond donors (Lipinski definition) is 0. The van der Waals surface area contributed by atoms with Gasteiger partial charge in [-0.15, -0.1) is 0 Å². The molecule has 0 bridgehead atoms. The van der Waals surface area contributed by atoms with Crippen LogP contribution in [0.1, 0.15) is 84.5 Å². The molecule has 0 aliphatic carbocycles. The van der Waals surface area contributed by atoms with Crippen LogP contribution in [0.15, 0.2) is 0 Å². The maximum atomic E-state index is 12.6. The second-order valence-corrected chi connectivity index (χ2v) is 14.8. The molecule has 0 radical (unpaired) electrons. The average Bonchev–Trinajstić information content (AvgIpc) is 2.79. The molecular formula is C17H33NO3PS3+. The SMILES string of the molecule is CCCCCCCCCCCCN1C(=O)CC([P+](=S)SCC)S1(=O)=O. The van der Waals surface area contributed by atoms with Gasteiger partial charge in [-0.2, -0.15) is 0 Å².